The Hall–Kier alpha value is -2.94. The quantitative estimate of drug-likeness (QED) is 0.612. The minimum Gasteiger partial charge on any atom is -0.433 e. The van der Waals surface area contributed by atoms with Crippen molar-refractivity contribution in [3.8, 4) is 0 Å². The lowest BCUT2D eigenvalue weighted by molar-refractivity contribution is -0.164. The molecule has 3 amide bonds. The Morgan fingerprint density at radius 3 is 2.62 bits per heavy atom. The highest BCUT2D eigenvalue weighted by molar-refractivity contribution is 5.99. The Morgan fingerprint density at radius 2 is 1.85 bits per heavy atom. The van der Waals surface area contributed by atoms with Gasteiger partial charge in [-0.25, -0.2) is 0 Å². The van der Waals surface area contributed by atoms with Gasteiger partial charge in [-0.3, -0.25) is 19.2 Å². The topological polar surface area (TPSA) is 114 Å². The van der Waals surface area contributed by atoms with Crippen LogP contribution in [0.5, 0.6) is 0 Å². The molecule has 3 heterocycles. The second-order valence-electron chi connectivity index (χ2n) is 9.25. The number of ether oxygens (including phenoxy) is 2. The van der Waals surface area contributed by atoms with Crippen molar-refractivity contribution in [1.29, 1.82) is 0 Å². The fraction of sp³-hybridized carbons (Fsp3) is 0.600. The number of esters is 1. The molecule has 4 rings (SSSR count). The van der Waals surface area contributed by atoms with Gasteiger partial charge in [0, 0.05) is 18.2 Å². The van der Waals surface area contributed by atoms with Crippen molar-refractivity contribution in [3.63, 3.8) is 0 Å². The average Bonchev–Trinajstić information content (AvgIpc) is 3.37. The van der Waals surface area contributed by atoms with Gasteiger partial charge in [0.1, 0.15) is 18.1 Å². The van der Waals surface area contributed by atoms with Crippen LogP contribution in [0.4, 0.5) is 0 Å². The van der Waals surface area contributed by atoms with Crippen LogP contribution in [0.15, 0.2) is 24.3 Å². The van der Waals surface area contributed by atoms with Gasteiger partial charge in [-0.15, -0.1) is 0 Å². The van der Waals surface area contributed by atoms with E-state index >= 15 is 0 Å². The molecule has 0 saturated carbocycles. The third kappa shape index (κ3) is 5.09. The molecule has 0 radical (unpaired) electrons. The largest absolute Gasteiger partial charge is 0.433 e. The Balaban J connectivity index is 1.48. The maximum absolute atomic E-state index is 13.6. The molecular formula is C25H33N3O6. The molecular weight excluding hydrogens is 438 g/mol. The molecule has 0 aromatic heterocycles. The van der Waals surface area contributed by atoms with E-state index < -0.39 is 30.4 Å². The summed E-state index contributed by atoms with van der Waals surface area (Å²) in [5.41, 5.74) is 1.38. The number of amides is 3. The molecule has 0 spiro atoms. The van der Waals surface area contributed by atoms with Crippen LogP contribution >= 0.6 is 0 Å². The van der Waals surface area contributed by atoms with Crippen molar-refractivity contribution in [1.82, 2.24) is 15.5 Å². The van der Waals surface area contributed by atoms with E-state index in [4.69, 9.17) is 9.47 Å². The number of nitrogens with zero attached hydrogens (tertiary/aromatic N) is 1. The van der Waals surface area contributed by atoms with Crippen LogP contribution in [0, 0.1) is 6.92 Å². The second kappa shape index (κ2) is 10.5. The zero-order chi connectivity index (χ0) is 24.2. The van der Waals surface area contributed by atoms with Gasteiger partial charge in [0.2, 0.25) is 18.1 Å². The molecule has 9 heteroatoms. The van der Waals surface area contributed by atoms with Crippen LogP contribution in [0.1, 0.15) is 67.8 Å². The van der Waals surface area contributed by atoms with E-state index in [1.807, 2.05) is 19.1 Å². The molecule has 3 saturated heterocycles. The standard InChI is InChI=1S/C25H33N3O6/c1-3-33-25-19(14-21(29)34-25)27-23(31)20-13-12-16-9-5-7-11-18(24(32)28(16)20)26-22(30)17-10-6-4-8-15(17)2/h4,6,8,10,16,18-20,25H,3,5,7,9,11-14H2,1-2H3,(H,26,30)(H,27,31)/t16-,18-,19?,20-,25?/m0/s1. The Kier molecular flexibility index (Phi) is 7.50. The minimum atomic E-state index is -0.817. The summed E-state index contributed by atoms with van der Waals surface area (Å²) in [4.78, 5) is 53.2. The van der Waals surface area contributed by atoms with Crippen molar-refractivity contribution in [2.75, 3.05) is 6.61 Å². The first-order valence-electron chi connectivity index (χ1n) is 12.2. The fourth-order valence-electron chi connectivity index (χ4n) is 5.23. The monoisotopic (exact) mass is 471 g/mol. The third-order valence-electron chi connectivity index (χ3n) is 6.95. The lowest BCUT2D eigenvalue weighted by Crippen LogP contribution is -2.57. The summed E-state index contributed by atoms with van der Waals surface area (Å²) in [5.74, 6) is -1.23. The van der Waals surface area contributed by atoms with Crippen molar-refractivity contribution < 1.29 is 28.7 Å². The normalized spacial score (nSPS) is 29.1. The molecule has 2 N–H and O–H groups in total. The maximum Gasteiger partial charge on any atom is 0.310 e. The minimum absolute atomic E-state index is 0.0365. The highest BCUT2D eigenvalue weighted by Gasteiger charge is 2.45. The van der Waals surface area contributed by atoms with E-state index in [2.05, 4.69) is 10.6 Å². The van der Waals surface area contributed by atoms with E-state index in [-0.39, 0.29) is 30.2 Å². The number of cyclic esters (lactones) is 1. The first-order chi connectivity index (χ1) is 16.4. The first kappa shape index (κ1) is 24.2. The molecule has 3 fully saturated rings. The lowest BCUT2D eigenvalue weighted by Gasteiger charge is -2.35. The zero-order valence-corrected chi connectivity index (χ0v) is 19.7. The van der Waals surface area contributed by atoms with Crippen LogP contribution in [0.2, 0.25) is 0 Å². The van der Waals surface area contributed by atoms with Crippen LogP contribution in [0.25, 0.3) is 0 Å². The Morgan fingerprint density at radius 1 is 1.09 bits per heavy atom. The van der Waals surface area contributed by atoms with Gasteiger partial charge in [0.05, 0.1) is 6.42 Å². The van der Waals surface area contributed by atoms with E-state index in [1.54, 1.807) is 24.0 Å². The number of aryl methyl sites for hydroxylation is 1. The summed E-state index contributed by atoms with van der Waals surface area (Å²) < 4.78 is 10.6. The fourth-order valence-corrected chi connectivity index (χ4v) is 5.23. The molecule has 5 atom stereocenters. The molecule has 3 aliphatic rings. The number of hydrogen-bond donors (Lipinski definition) is 2. The van der Waals surface area contributed by atoms with Crippen LogP contribution in [-0.4, -0.2) is 65.7 Å². The SMILES string of the molecule is CCOC1OC(=O)CC1NC(=O)[C@@H]1CC[C@@H]2CCCC[C@H](NC(=O)c3ccccc3C)C(=O)N21. The van der Waals surface area contributed by atoms with E-state index in [1.165, 1.54) is 0 Å². The van der Waals surface area contributed by atoms with E-state index in [0.29, 0.717) is 25.0 Å². The predicted octanol–water partition coefficient (Wildman–Crippen LogP) is 1.82. The van der Waals surface area contributed by atoms with Crippen LogP contribution in [0.3, 0.4) is 0 Å². The summed E-state index contributed by atoms with van der Waals surface area (Å²) in [5, 5.41) is 5.80. The molecule has 2 unspecified atom stereocenters. The Bertz CT molecular complexity index is 950. The summed E-state index contributed by atoms with van der Waals surface area (Å²) in [6.07, 6.45) is 3.63. The number of hydrogen-bond acceptors (Lipinski definition) is 6. The molecule has 1 aromatic rings. The molecule has 0 bridgehead atoms. The van der Waals surface area contributed by atoms with Gasteiger partial charge in [-0.05, 0) is 51.2 Å². The van der Waals surface area contributed by atoms with Gasteiger partial charge in [-0.1, -0.05) is 31.0 Å². The maximum atomic E-state index is 13.6. The number of rotatable bonds is 6. The summed E-state index contributed by atoms with van der Waals surface area (Å²) in [7, 11) is 0. The van der Waals surface area contributed by atoms with Crippen molar-refractivity contribution >= 4 is 23.7 Å². The Labute approximate surface area is 199 Å². The van der Waals surface area contributed by atoms with Crippen molar-refractivity contribution in [2.24, 2.45) is 0 Å². The smallest absolute Gasteiger partial charge is 0.310 e. The van der Waals surface area contributed by atoms with E-state index in [0.717, 1.165) is 31.2 Å². The number of benzene rings is 1. The average molecular weight is 472 g/mol. The zero-order valence-electron chi connectivity index (χ0n) is 19.7. The van der Waals surface area contributed by atoms with Crippen molar-refractivity contribution in [3.05, 3.63) is 35.4 Å². The summed E-state index contributed by atoms with van der Waals surface area (Å²) in [6.45, 7) is 4.00. The van der Waals surface area contributed by atoms with Gasteiger partial charge in [-0.2, -0.15) is 0 Å². The molecule has 34 heavy (non-hydrogen) atoms. The molecule has 184 valence electrons. The van der Waals surface area contributed by atoms with Crippen LogP contribution < -0.4 is 10.6 Å². The predicted molar refractivity (Wildman–Crippen MR) is 123 cm³/mol. The van der Waals surface area contributed by atoms with E-state index in [9.17, 15) is 19.2 Å². The molecule has 3 aliphatic heterocycles. The first-order valence-corrected chi connectivity index (χ1v) is 12.2. The number of fused-ring (bicyclic) bond motifs is 1. The lowest BCUT2D eigenvalue weighted by atomic mass is 9.98. The van der Waals surface area contributed by atoms with Crippen LogP contribution in [-0.2, 0) is 23.9 Å². The van der Waals surface area contributed by atoms with Gasteiger partial charge in [0.15, 0.2) is 0 Å². The highest BCUT2D eigenvalue weighted by atomic mass is 16.7. The molecule has 0 aliphatic carbocycles. The molecule has 1 aromatic carbocycles. The highest BCUT2D eigenvalue weighted by Crippen LogP contribution is 2.32. The van der Waals surface area contributed by atoms with Crippen molar-refractivity contribution in [2.45, 2.75) is 89.3 Å². The number of carbonyl (C=O) groups excluding carboxylic acids is 4. The third-order valence-corrected chi connectivity index (χ3v) is 6.95. The number of nitrogens with one attached hydrogen (secondary N) is 2. The van der Waals surface area contributed by atoms with Gasteiger partial charge >= 0.3 is 5.97 Å². The summed E-state index contributed by atoms with van der Waals surface area (Å²) in [6, 6.07) is 5.31. The summed E-state index contributed by atoms with van der Waals surface area (Å²) >= 11 is 0. The molecule has 9 nitrogen and oxygen atoms in total. The van der Waals surface area contributed by atoms with Gasteiger partial charge < -0.3 is 25.0 Å². The second-order valence-corrected chi connectivity index (χ2v) is 9.25. The van der Waals surface area contributed by atoms with Gasteiger partial charge in [0.25, 0.3) is 5.91 Å². The number of carbonyl (C=O) groups is 4.